The van der Waals surface area contributed by atoms with E-state index in [0.29, 0.717) is 12.8 Å². The van der Waals surface area contributed by atoms with Crippen LogP contribution in [0.2, 0.25) is 0 Å². The van der Waals surface area contributed by atoms with Gasteiger partial charge in [-0.3, -0.25) is 0 Å². The number of ether oxygens (including phenoxy) is 1. The fraction of sp³-hybridized carbons (Fsp3) is 0.417. The molecular weight excluding hydrogens is 190 g/mol. The predicted octanol–water partition coefficient (Wildman–Crippen LogP) is 2.06. The summed E-state index contributed by atoms with van der Waals surface area (Å²) in [6, 6.07) is 7.55. The third kappa shape index (κ3) is 3.72. The summed E-state index contributed by atoms with van der Waals surface area (Å²) >= 11 is 0. The summed E-state index contributed by atoms with van der Waals surface area (Å²) in [5.41, 5.74) is 6.97. The van der Waals surface area contributed by atoms with Gasteiger partial charge in [0, 0.05) is 12.5 Å². The lowest BCUT2D eigenvalue weighted by atomic mass is 10.0. The average molecular weight is 207 g/mol. The van der Waals surface area contributed by atoms with Gasteiger partial charge in [-0.25, -0.2) is 0 Å². The lowest BCUT2D eigenvalue weighted by molar-refractivity contribution is -0.117. The van der Waals surface area contributed by atoms with Crippen molar-refractivity contribution < 1.29 is 9.53 Å². The van der Waals surface area contributed by atoms with Gasteiger partial charge in [0.15, 0.2) is 0 Å². The van der Waals surface area contributed by atoms with Crippen LogP contribution < -0.4 is 10.5 Å². The minimum Gasteiger partial charge on any atom is -0.497 e. The average Bonchev–Trinajstić information content (AvgIpc) is 2.26. The Kier molecular flexibility index (Phi) is 4.31. The van der Waals surface area contributed by atoms with Crippen LogP contribution in [-0.2, 0) is 4.79 Å². The van der Waals surface area contributed by atoms with E-state index in [4.69, 9.17) is 10.5 Å². The van der Waals surface area contributed by atoms with Crippen molar-refractivity contribution >= 4 is 5.78 Å². The highest BCUT2D eigenvalue weighted by atomic mass is 16.5. The maximum Gasteiger partial charge on any atom is 0.129 e. The molecule has 0 fully saturated rings. The number of Topliss-reactive ketones (excluding diaryl/α,β-unsaturated/α-hetero) is 1. The first-order valence-corrected chi connectivity index (χ1v) is 5.02. The molecule has 0 heterocycles. The van der Waals surface area contributed by atoms with Gasteiger partial charge in [0.25, 0.3) is 0 Å². The fourth-order valence-electron chi connectivity index (χ4n) is 1.40. The van der Waals surface area contributed by atoms with Gasteiger partial charge in [-0.2, -0.15) is 0 Å². The molecule has 3 nitrogen and oxygen atoms in total. The zero-order valence-electron chi connectivity index (χ0n) is 9.19. The van der Waals surface area contributed by atoms with E-state index in [9.17, 15) is 4.79 Å². The van der Waals surface area contributed by atoms with Crippen LogP contribution in [-0.4, -0.2) is 12.9 Å². The maximum absolute atomic E-state index is 10.8. The minimum atomic E-state index is -0.0935. The first-order chi connectivity index (χ1) is 7.13. The number of carbonyl (C=O) groups is 1. The normalized spacial score (nSPS) is 12.2. The molecule has 1 atom stereocenters. The number of hydrogen-bond donors (Lipinski definition) is 1. The van der Waals surface area contributed by atoms with E-state index in [-0.39, 0.29) is 11.8 Å². The first kappa shape index (κ1) is 11.7. The Bertz CT molecular complexity index is 336. The van der Waals surface area contributed by atoms with Crippen molar-refractivity contribution in [2.24, 2.45) is 5.73 Å². The van der Waals surface area contributed by atoms with Crippen LogP contribution in [0.4, 0.5) is 0 Å². The Morgan fingerprint density at radius 1 is 1.53 bits per heavy atom. The summed E-state index contributed by atoms with van der Waals surface area (Å²) in [6.07, 6.45) is 1.21. The third-order valence-electron chi connectivity index (χ3n) is 2.33. The molecule has 3 heteroatoms. The molecule has 1 aromatic carbocycles. The molecule has 1 aromatic rings. The lowest BCUT2D eigenvalue weighted by Gasteiger charge is -2.11. The Morgan fingerprint density at radius 3 is 2.87 bits per heavy atom. The number of rotatable bonds is 5. The lowest BCUT2D eigenvalue weighted by Crippen LogP contribution is -2.11. The van der Waals surface area contributed by atoms with Crippen LogP contribution in [0, 0.1) is 0 Å². The number of nitrogens with two attached hydrogens (primary N) is 1. The van der Waals surface area contributed by atoms with Gasteiger partial charge in [-0.15, -0.1) is 0 Å². The number of benzene rings is 1. The van der Waals surface area contributed by atoms with E-state index in [0.717, 1.165) is 11.3 Å². The molecule has 1 rings (SSSR count). The fourth-order valence-corrected chi connectivity index (χ4v) is 1.40. The van der Waals surface area contributed by atoms with Crippen LogP contribution >= 0.6 is 0 Å². The quantitative estimate of drug-likeness (QED) is 0.804. The van der Waals surface area contributed by atoms with Crippen molar-refractivity contribution in [1.82, 2.24) is 0 Å². The van der Waals surface area contributed by atoms with E-state index in [2.05, 4.69) is 0 Å². The van der Waals surface area contributed by atoms with E-state index in [1.165, 1.54) is 0 Å². The zero-order chi connectivity index (χ0) is 11.3. The van der Waals surface area contributed by atoms with Gasteiger partial charge in [-0.05, 0) is 31.0 Å². The topological polar surface area (TPSA) is 52.3 Å². The number of ketones is 1. The van der Waals surface area contributed by atoms with E-state index in [1.807, 2.05) is 24.3 Å². The highest BCUT2D eigenvalue weighted by Gasteiger charge is 2.07. The predicted molar refractivity (Wildman–Crippen MR) is 59.8 cm³/mol. The largest absolute Gasteiger partial charge is 0.497 e. The molecule has 0 aliphatic rings. The van der Waals surface area contributed by atoms with Crippen molar-refractivity contribution in [3.63, 3.8) is 0 Å². The van der Waals surface area contributed by atoms with Crippen molar-refractivity contribution in [3.05, 3.63) is 29.8 Å². The second-order valence-corrected chi connectivity index (χ2v) is 3.62. The number of hydrogen-bond acceptors (Lipinski definition) is 3. The molecule has 0 amide bonds. The van der Waals surface area contributed by atoms with Crippen molar-refractivity contribution in [2.45, 2.75) is 25.8 Å². The van der Waals surface area contributed by atoms with Crippen LogP contribution in [0.15, 0.2) is 24.3 Å². The molecule has 0 aliphatic heterocycles. The third-order valence-corrected chi connectivity index (χ3v) is 2.33. The van der Waals surface area contributed by atoms with Gasteiger partial charge < -0.3 is 15.3 Å². The standard InChI is InChI=1S/C12H17NO2/c1-9(14)6-7-12(13)10-4-3-5-11(8-10)15-2/h3-5,8,12H,6-7,13H2,1-2H3. The molecule has 0 aliphatic carbocycles. The van der Waals surface area contributed by atoms with E-state index >= 15 is 0 Å². The molecule has 0 saturated heterocycles. The van der Waals surface area contributed by atoms with Crippen molar-refractivity contribution in [1.29, 1.82) is 0 Å². The minimum absolute atomic E-state index is 0.0935. The summed E-state index contributed by atoms with van der Waals surface area (Å²) < 4.78 is 5.11. The molecule has 1 unspecified atom stereocenters. The summed E-state index contributed by atoms with van der Waals surface area (Å²) in [6.45, 7) is 1.58. The van der Waals surface area contributed by atoms with Gasteiger partial charge in [0.2, 0.25) is 0 Å². The highest BCUT2D eigenvalue weighted by molar-refractivity contribution is 5.75. The van der Waals surface area contributed by atoms with Crippen LogP contribution in [0.1, 0.15) is 31.4 Å². The van der Waals surface area contributed by atoms with E-state index in [1.54, 1.807) is 14.0 Å². The Balaban J connectivity index is 2.64. The van der Waals surface area contributed by atoms with Crippen LogP contribution in [0.3, 0.4) is 0 Å². The monoisotopic (exact) mass is 207 g/mol. The van der Waals surface area contributed by atoms with Gasteiger partial charge in [0.1, 0.15) is 11.5 Å². The summed E-state index contributed by atoms with van der Waals surface area (Å²) in [7, 11) is 1.63. The highest BCUT2D eigenvalue weighted by Crippen LogP contribution is 2.20. The molecule has 15 heavy (non-hydrogen) atoms. The van der Waals surface area contributed by atoms with Crippen LogP contribution in [0.25, 0.3) is 0 Å². The number of carbonyl (C=O) groups excluding carboxylic acids is 1. The summed E-state index contributed by atoms with van der Waals surface area (Å²) in [5, 5.41) is 0. The SMILES string of the molecule is COc1cccc(C(N)CCC(C)=O)c1. The van der Waals surface area contributed by atoms with Crippen LogP contribution in [0.5, 0.6) is 5.75 Å². The second-order valence-electron chi connectivity index (χ2n) is 3.62. The smallest absolute Gasteiger partial charge is 0.129 e. The molecule has 82 valence electrons. The Morgan fingerprint density at radius 2 is 2.27 bits per heavy atom. The van der Waals surface area contributed by atoms with Gasteiger partial charge in [0.05, 0.1) is 7.11 Å². The molecule has 0 radical (unpaired) electrons. The number of methoxy groups -OCH3 is 1. The maximum atomic E-state index is 10.8. The molecule has 0 spiro atoms. The molecule has 0 bridgehead atoms. The van der Waals surface area contributed by atoms with Gasteiger partial charge >= 0.3 is 0 Å². The summed E-state index contributed by atoms with van der Waals surface area (Å²) in [4.78, 5) is 10.8. The van der Waals surface area contributed by atoms with Crippen molar-refractivity contribution in [2.75, 3.05) is 7.11 Å². The van der Waals surface area contributed by atoms with Gasteiger partial charge in [-0.1, -0.05) is 12.1 Å². The molecule has 2 N–H and O–H groups in total. The van der Waals surface area contributed by atoms with E-state index < -0.39 is 0 Å². The zero-order valence-corrected chi connectivity index (χ0v) is 9.19. The molecule has 0 saturated carbocycles. The molecule has 0 aromatic heterocycles. The second kappa shape index (κ2) is 5.51. The summed E-state index contributed by atoms with van der Waals surface area (Å²) in [5.74, 6) is 0.971. The molecular formula is C12H17NO2. The first-order valence-electron chi connectivity index (χ1n) is 5.02. The Hall–Kier alpha value is -1.35. The van der Waals surface area contributed by atoms with Crippen molar-refractivity contribution in [3.8, 4) is 5.75 Å². The Labute approximate surface area is 90.2 Å².